The van der Waals surface area contributed by atoms with Gasteiger partial charge in [0.15, 0.2) is 0 Å². The molecular formula is C9H9N3O. The minimum atomic E-state index is 0.193. The highest BCUT2D eigenvalue weighted by molar-refractivity contribution is 5.70. The Morgan fingerprint density at radius 2 is 2.15 bits per heavy atom. The predicted molar refractivity (Wildman–Crippen MR) is 50.1 cm³/mol. The molecule has 0 aliphatic heterocycles. The van der Waals surface area contributed by atoms with Gasteiger partial charge in [-0.2, -0.15) is 5.10 Å². The average Bonchev–Trinajstić information content (AvgIpc) is 2.61. The van der Waals surface area contributed by atoms with E-state index in [1.54, 1.807) is 30.5 Å². The summed E-state index contributed by atoms with van der Waals surface area (Å²) in [4.78, 5) is 0. The first kappa shape index (κ1) is 7.67. The second-order valence-corrected chi connectivity index (χ2v) is 2.75. The molecule has 0 aliphatic rings. The number of hydrogen-bond donors (Lipinski definition) is 3. The van der Waals surface area contributed by atoms with Crippen LogP contribution in [0, 0.1) is 0 Å². The van der Waals surface area contributed by atoms with Crippen LogP contribution in [0.25, 0.3) is 11.3 Å². The normalized spacial score (nSPS) is 10.2. The Hall–Kier alpha value is -1.97. The number of aromatic amines is 1. The predicted octanol–water partition coefficient (Wildman–Crippen LogP) is 1.36. The molecule has 0 atom stereocenters. The molecule has 1 heterocycles. The fraction of sp³-hybridized carbons (Fsp3) is 0. The number of rotatable bonds is 1. The van der Waals surface area contributed by atoms with Crippen molar-refractivity contribution in [2.45, 2.75) is 0 Å². The van der Waals surface area contributed by atoms with Crippen LogP contribution in [0.4, 0.5) is 5.69 Å². The molecule has 13 heavy (non-hydrogen) atoms. The van der Waals surface area contributed by atoms with Crippen LogP contribution < -0.4 is 5.73 Å². The van der Waals surface area contributed by atoms with E-state index in [2.05, 4.69) is 10.2 Å². The molecule has 4 N–H and O–H groups in total. The van der Waals surface area contributed by atoms with Crippen molar-refractivity contribution in [3.63, 3.8) is 0 Å². The standard InChI is InChI=1S/C9H9N3O/c10-6-1-2-9(13)7(5-6)8-3-4-11-12-8/h1-5,13H,10H2,(H,11,12). The fourth-order valence-electron chi connectivity index (χ4n) is 1.18. The highest BCUT2D eigenvalue weighted by atomic mass is 16.3. The SMILES string of the molecule is Nc1ccc(O)c(-c2ccn[nH]2)c1. The zero-order valence-corrected chi connectivity index (χ0v) is 6.86. The van der Waals surface area contributed by atoms with Crippen molar-refractivity contribution in [2.24, 2.45) is 0 Å². The lowest BCUT2D eigenvalue weighted by Crippen LogP contribution is -1.86. The minimum Gasteiger partial charge on any atom is -0.507 e. The summed E-state index contributed by atoms with van der Waals surface area (Å²) < 4.78 is 0. The monoisotopic (exact) mass is 175 g/mol. The maximum atomic E-state index is 9.50. The van der Waals surface area contributed by atoms with Gasteiger partial charge in [-0.05, 0) is 24.3 Å². The molecule has 0 saturated heterocycles. The number of nitrogens with two attached hydrogens (primary N) is 1. The maximum Gasteiger partial charge on any atom is 0.125 e. The number of nitrogen functional groups attached to an aromatic ring is 1. The van der Waals surface area contributed by atoms with Gasteiger partial charge in [-0.3, -0.25) is 5.10 Å². The van der Waals surface area contributed by atoms with Crippen LogP contribution in [0.2, 0.25) is 0 Å². The topological polar surface area (TPSA) is 74.9 Å². The van der Waals surface area contributed by atoms with Crippen molar-refractivity contribution < 1.29 is 5.11 Å². The van der Waals surface area contributed by atoms with Gasteiger partial charge in [-0.15, -0.1) is 0 Å². The fourth-order valence-corrected chi connectivity index (χ4v) is 1.18. The van der Waals surface area contributed by atoms with Crippen LogP contribution in [-0.4, -0.2) is 15.3 Å². The van der Waals surface area contributed by atoms with Gasteiger partial charge in [0, 0.05) is 17.4 Å². The summed E-state index contributed by atoms with van der Waals surface area (Å²) in [7, 11) is 0. The van der Waals surface area contributed by atoms with Crippen molar-refractivity contribution in [1.82, 2.24) is 10.2 Å². The first-order chi connectivity index (χ1) is 6.27. The molecule has 1 aromatic carbocycles. The third-order valence-corrected chi connectivity index (χ3v) is 1.81. The summed E-state index contributed by atoms with van der Waals surface area (Å²) >= 11 is 0. The number of phenols is 1. The number of benzene rings is 1. The number of nitrogens with zero attached hydrogens (tertiary/aromatic N) is 1. The van der Waals surface area contributed by atoms with Gasteiger partial charge in [-0.25, -0.2) is 0 Å². The number of H-pyrrole nitrogens is 1. The van der Waals surface area contributed by atoms with Gasteiger partial charge in [0.1, 0.15) is 5.75 Å². The summed E-state index contributed by atoms with van der Waals surface area (Å²) in [5.41, 5.74) is 7.62. The largest absolute Gasteiger partial charge is 0.507 e. The van der Waals surface area contributed by atoms with Crippen LogP contribution >= 0.6 is 0 Å². The first-order valence-electron chi connectivity index (χ1n) is 3.85. The van der Waals surface area contributed by atoms with E-state index in [0.717, 1.165) is 5.69 Å². The third kappa shape index (κ3) is 1.33. The quantitative estimate of drug-likeness (QED) is 0.452. The number of nitrogens with one attached hydrogen (secondary N) is 1. The number of phenolic OH excluding ortho intramolecular Hbond substituents is 1. The minimum absolute atomic E-state index is 0.193. The summed E-state index contributed by atoms with van der Waals surface area (Å²) in [6, 6.07) is 6.68. The van der Waals surface area contributed by atoms with E-state index in [1.807, 2.05) is 0 Å². The molecule has 66 valence electrons. The molecule has 0 bridgehead atoms. The summed E-state index contributed by atoms with van der Waals surface area (Å²) in [5, 5.41) is 16.1. The van der Waals surface area contributed by atoms with E-state index < -0.39 is 0 Å². The van der Waals surface area contributed by atoms with E-state index in [1.165, 1.54) is 0 Å². The molecule has 0 radical (unpaired) electrons. The molecule has 4 heteroatoms. The van der Waals surface area contributed by atoms with Crippen molar-refractivity contribution >= 4 is 5.69 Å². The average molecular weight is 175 g/mol. The molecule has 0 fully saturated rings. The zero-order valence-electron chi connectivity index (χ0n) is 6.86. The second-order valence-electron chi connectivity index (χ2n) is 2.75. The zero-order chi connectivity index (χ0) is 9.26. The Morgan fingerprint density at radius 3 is 2.85 bits per heavy atom. The van der Waals surface area contributed by atoms with Crippen molar-refractivity contribution in [3.05, 3.63) is 30.5 Å². The van der Waals surface area contributed by atoms with E-state index >= 15 is 0 Å². The van der Waals surface area contributed by atoms with Crippen LogP contribution in [0.1, 0.15) is 0 Å². The van der Waals surface area contributed by atoms with Gasteiger partial charge < -0.3 is 10.8 Å². The Kier molecular flexibility index (Phi) is 1.66. The Bertz CT molecular complexity index is 409. The van der Waals surface area contributed by atoms with Gasteiger partial charge in [0.05, 0.1) is 5.69 Å². The van der Waals surface area contributed by atoms with Crippen molar-refractivity contribution in [3.8, 4) is 17.0 Å². The molecule has 4 nitrogen and oxygen atoms in total. The number of hydrogen-bond acceptors (Lipinski definition) is 3. The van der Waals surface area contributed by atoms with Gasteiger partial charge in [-0.1, -0.05) is 0 Å². The van der Waals surface area contributed by atoms with Crippen LogP contribution in [0.3, 0.4) is 0 Å². The van der Waals surface area contributed by atoms with Gasteiger partial charge in [0.25, 0.3) is 0 Å². The molecule has 0 aliphatic carbocycles. The van der Waals surface area contributed by atoms with Crippen LogP contribution in [0.5, 0.6) is 5.75 Å². The number of aromatic hydroxyl groups is 1. The lowest BCUT2D eigenvalue weighted by Gasteiger charge is -2.02. The van der Waals surface area contributed by atoms with Crippen molar-refractivity contribution in [1.29, 1.82) is 0 Å². The molecule has 1 aromatic heterocycles. The second kappa shape index (κ2) is 2.82. The first-order valence-corrected chi connectivity index (χ1v) is 3.85. The highest BCUT2D eigenvalue weighted by Gasteiger charge is 2.04. The molecular weight excluding hydrogens is 166 g/mol. The summed E-state index contributed by atoms with van der Waals surface area (Å²) in [6.45, 7) is 0. The van der Waals surface area contributed by atoms with Crippen LogP contribution in [0.15, 0.2) is 30.5 Å². The molecule has 2 aromatic rings. The Morgan fingerprint density at radius 1 is 1.31 bits per heavy atom. The van der Waals surface area contributed by atoms with E-state index in [9.17, 15) is 5.11 Å². The van der Waals surface area contributed by atoms with E-state index in [0.29, 0.717) is 11.3 Å². The molecule has 0 spiro atoms. The van der Waals surface area contributed by atoms with Crippen molar-refractivity contribution in [2.75, 3.05) is 5.73 Å². The lowest BCUT2D eigenvalue weighted by atomic mass is 10.1. The molecule has 2 rings (SSSR count). The Labute approximate surface area is 75.0 Å². The molecule has 0 saturated carbocycles. The summed E-state index contributed by atoms with van der Waals surface area (Å²) in [5.74, 6) is 0.193. The number of anilines is 1. The van der Waals surface area contributed by atoms with E-state index in [-0.39, 0.29) is 5.75 Å². The summed E-state index contributed by atoms with van der Waals surface area (Å²) in [6.07, 6.45) is 1.62. The number of aromatic nitrogens is 2. The molecule has 0 unspecified atom stereocenters. The van der Waals surface area contributed by atoms with Gasteiger partial charge in [0.2, 0.25) is 0 Å². The third-order valence-electron chi connectivity index (χ3n) is 1.81. The maximum absolute atomic E-state index is 9.50. The van der Waals surface area contributed by atoms with Gasteiger partial charge >= 0.3 is 0 Å². The van der Waals surface area contributed by atoms with Crippen LogP contribution in [-0.2, 0) is 0 Å². The lowest BCUT2D eigenvalue weighted by molar-refractivity contribution is 0.477. The Balaban J connectivity index is 2.57. The highest BCUT2D eigenvalue weighted by Crippen LogP contribution is 2.28. The van der Waals surface area contributed by atoms with E-state index in [4.69, 9.17) is 5.73 Å². The smallest absolute Gasteiger partial charge is 0.125 e. The molecule has 0 amide bonds.